The zero-order valence-electron chi connectivity index (χ0n) is 9.00. The van der Waals surface area contributed by atoms with Gasteiger partial charge in [0.25, 0.3) is 5.91 Å². The van der Waals surface area contributed by atoms with Crippen molar-refractivity contribution in [2.45, 2.75) is 6.92 Å². The fraction of sp³-hybridized carbons (Fsp3) is 0.100. The fourth-order valence-corrected chi connectivity index (χ4v) is 1.21. The Balaban J connectivity index is 2.27. The lowest BCUT2D eigenvalue weighted by Gasteiger charge is -2.03. The zero-order valence-corrected chi connectivity index (χ0v) is 9.00. The number of halogens is 3. The molecule has 2 aromatic rings. The van der Waals surface area contributed by atoms with Crippen molar-refractivity contribution >= 4 is 11.7 Å². The number of hydrogen-bond acceptors (Lipinski definition) is 4. The van der Waals surface area contributed by atoms with E-state index < -0.39 is 23.4 Å². The van der Waals surface area contributed by atoms with Crippen molar-refractivity contribution in [3.63, 3.8) is 0 Å². The number of carbonyl (C=O) groups excluding carboxylic acids is 1. The molecule has 5 nitrogen and oxygen atoms in total. The van der Waals surface area contributed by atoms with Gasteiger partial charge in [-0.25, -0.2) is 17.8 Å². The highest BCUT2D eigenvalue weighted by Gasteiger charge is 2.17. The molecular weight excluding hydrogens is 251 g/mol. The Morgan fingerprint density at radius 1 is 1.22 bits per heavy atom. The Hall–Kier alpha value is -2.38. The van der Waals surface area contributed by atoms with E-state index in [-0.39, 0.29) is 11.4 Å². The predicted octanol–water partition coefficient (Wildman–Crippen LogP) is 2.05. The molecule has 0 bridgehead atoms. The fourth-order valence-electron chi connectivity index (χ4n) is 1.21. The van der Waals surface area contributed by atoms with E-state index in [0.717, 1.165) is 0 Å². The van der Waals surface area contributed by atoms with Crippen molar-refractivity contribution in [3.05, 3.63) is 40.8 Å². The second-order valence-corrected chi connectivity index (χ2v) is 3.41. The van der Waals surface area contributed by atoms with E-state index in [1.807, 2.05) is 0 Å². The summed E-state index contributed by atoms with van der Waals surface area (Å²) in [6, 6.07) is 1.16. The Morgan fingerprint density at radius 3 is 2.33 bits per heavy atom. The molecule has 0 atom stereocenters. The first-order chi connectivity index (χ1) is 8.49. The van der Waals surface area contributed by atoms with Crippen LogP contribution in [0.5, 0.6) is 0 Å². The monoisotopic (exact) mass is 257 g/mol. The summed E-state index contributed by atoms with van der Waals surface area (Å²) in [5, 5.41) is 8.99. The maximum absolute atomic E-state index is 12.9. The van der Waals surface area contributed by atoms with Crippen molar-refractivity contribution < 1.29 is 22.6 Å². The van der Waals surface area contributed by atoms with Crippen LogP contribution >= 0.6 is 0 Å². The molecule has 0 aliphatic carbocycles. The first-order valence-corrected chi connectivity index (χ1v) is 4.74. The number of amides is 1. The number of anilines is 1. The van der Waals surface area contributed by atoms with Gasteiger partial charge in [0.2, 0.25) is 5.82 Å². The van der Waals surface area contributed by atoms with Crippen LogP contribution in [0.25, 0.3) is 0 Å². The largest absolute Gasteiger partial charge is 0.302 e. The number of nitrogens with one attached hydrogen (secondary N) is 1. The van der Waals surface area contributed by atoms with Gasteiger partial charge in [-0.15, -0.1) is 0 Å². The molecule has 1 aromatic heterocycles. The Kier molecular flexibility index (Phi) is 3.00. The van der Waals surface area contributed by atoms with Gasteiger partial charge in [-0.2, -0.15) is 0 Å². The van der Waals surface area contributed by atoms with Crippen LogP contribution in [0.1, 0.15) is 16.1 Å². The van der Waals surface area contributed by atoms with Crippen molar-refractivity contribution in [3.8, 4) is 0 Å². The van der Waals surface area contributed by atoms with E-state index >= 15 is 0 Å². The highest BCUT2D eigenvalue weighted by molar-refractivity contribution is 6.03. The lowest BCUT2D eigenvalue weighted by Crippen LogP contribution is -2.14. The van der Waals surface area contributed by atoms with Gasteiger partial charge in [-0.1, -0.05) is 5.16 Å². The average Bonchev–Trinajstić information content (AvgIpc) is 2.71. The summed E-state index contributed by atoms with van der Waals surface area (Å²) in [7, 11) is 0. The molecule has 2 rings (SSSR count). The third kappa shape index (κ3) is 2.17. The maximum Gasteiger partial charge on any atom is 0.257 e. The van der Waals surface area contributed by atoms with Gasteiger partial charge < -0.3 is 5.32 Å². The molecule has 18 heavy (non-hydrogen) atoms. The van der Waals surface area contributed by atoms with Gasteiger partial charge in [0.15, 0.2) is 17.5 Å². The summed E-state index contributed by atoms with van der Waals surface area (Å²) in [6.45, 7) is 1.51. The quantitative estimate of drug-likeness (QED) is 0.836. The topological polar surface area (TPSA) is 68.0 Å². The smallest absolute Gasteiger partial charge is 0.257 e. The summed E-state index contributed by atoms with van der Waals surface area (Å²) >= 11 is 0. The number of aryl methyl sites for hydroxylation is 1. The molecule has 0 fully saturated rings. The molecule has 1 heterocycles. The molecule has 0 unspecified atom stereocenters. The van der Waals surface area contributed by atoms with Crippen LogP contribution in [0, 0.1) is 24.4 Å². The predicted molar refractivity (Wildman–Crippen MR) is 53.3 cm³/mol. The molecule has 94 valence electrons. The van der Waals surface area contributed by atoms with Crippen LogP contribution in [0.2, 0.25) is 0 Å². The number of carbonyl (C=O) groups is 1. The standard InChI is InChI=1S/C10H6F3N3O2/c1-4-9(16-18-15-4)14-10(17)5-2-6(11)8(13)7(12)3-5/h2-3H,1H3,(H,14,16,17). The van der Waals surface area contributed by atoms with Crippen LogP contribution in [0.15, 0.2) is 16.8 Å². The van der Waals surface area contributed by atoms with E-state index in [1.54, 1.807) is 0 Å². The van der Waals surface area contributed by atoms with Crippen molar-refractivity contribution in [2.75, 3.05) is 5.32 Å². The molecule has 1 aromatic carbocycles. The minimum atomic E-state index is -1.63. The molecular formula is C10H6F3N3O2. The van der Waals surface area contributed by atoms with E-state index in [2.05, 4.69) is 20.3 Å². The number of benzene rings is 1. The van der Waals surface area contributed by atoms with Crippen LogP contribution in [0.4, 0.5) is 19.0 Å². The Morgan fingerprint density at radius 2 is 1.83 bits per heavy atom. The van der Waals surface area contributed by atoms with Crippen molar-refractivity contribution in [2.24, 2.45) is 0 Å². The van der Waals surface area contributed by atoms with Gasteiger partial charge in [-0.05, 0) is 24.2 Å². The van der Waals surface area contributed by atoms with Crippen molar-refractivity contribution in [1.82, 2.24) is 10.3 Å². The van der Waals surface area contributed by atoms with Crippen LogP contribution < -0.4 is 5.32 Å². The average molecular weight is 257 g/mol. The third-order valence-electron chi connectivity index (χ3n) is 2.13. The first-order valence-electron chi connectivity index (χ1n) is 4.74. The summed E-state index contributed by atoms with van der Waals surface area (Å²) in [5.41, 5.74) is -0.0831. The van der Waals surface area contributed by atoms with E-state index in [9.17, 15) is 18.0 Å². The summed E-state index contributed by atoms with van der Waals surface area (Å²) in [5.74, 6) is -5.37. The molecule has 0 saturated carbocycles. The Bertz CT molecular complexity index is 589. The minimum Gasteiger partial charge on any atom is -0.302 e. The van der Waals surface area contributed by atoms with E-state index in [0.29, 0.717) is 17.8 Å². The maximum atomic E-state index is 12.9. The molecule has 0 saturated heterocycles. The van der Waals surface area contributed by atoms with Crippen LogP contribution in [0.3, 0.4) is 0 Å². The molecule has 0 aliphatic rings. The molecule has 1 amide bonds. The molecule has 0 radical (unpaired) electrons. The number of hydrogen-bond donors (Lipinski definition) is 1. The van der Waals surface area contributed by atoms with Gasteiger partial charge in [-0.3, -0.25) is 4.79 Å². The van der Waals surface area contributed by atoms with E-state index in [1.165, 1.54) is 6.92 Å². The van der Waals surface area contributed by atoms with Crippen molar-refractivity contribution in [1.29, 1.82) is 0 Å². The molecule has 0 spiro atoms. The van der Waals surface area contributed by atoms with Gasteiger partial charge >= 0.3 is 0 Å². The zero-order chi connectivity index (χ0) is 13.3. The SMILES string of the molecule is Cc1nonc1NC(=O)c1cc(F)c(F)c(F)c1. The first kappa shape index (κ1) is 12.1. The second kappa shape index (κ2) is 4.47. The highest BCUT2D eigenvalue weighted by atomic mass is 19.2. The van der Waals surface area contributed by atoms with Crippen LogP contribution in [-0.2, 0) is 0 Å². The molecule has 8 heteroatoms. The normalized spacial score (nSPS) is 10.4. The highest BCUT2D eigenvalue weighted by Crippen LogP contribution is 2.15. The third-order valence-corrected chi connectivity index (χ3v) is 2.13. The second-order valence-electron chi connectivity index (χ2n) is 3.41. The van der Waals surface area contributed by atoms with Gasteiger partial charge in [0, 0.05) is 5.56 Å². The van der Waals surface area contributed by atoms with E-state index in [4.69, 9.17) is 0 Å². The Labute approximate surface area is 98.6 Å². The minimum absolute atomic E-state index is 0.0186. The molecule has 0 aliphatic heterocycles. The summed E-state index contributed by atoms with van der Waals surface area (Å²) in [6.07, 6.45) is 0. The number of rotatable bonds is 2. The summed E-state index contributed by atoms with van der Waals surface area (Å²) in [4.78, 5) is 11.6. The molecule has 1 N–H and O–H groups in total. The van der Waals surface area contributed by atoms with Gasteiger partial charge in [0.1, 0.15) is 5.69 Å². The lowest BCUT2D eigenvalue weighted by molar-refractivity contribution is 0.102. The lowest BCUT2D eigenvalue weighted by atomic mass is 10.2. The van der Waals surface area contributed by atoms with Crippen LogP contribution in [-0.4, -0.2) is 16.2 Å². The number of nitrogens with zero attached hydrogens (tertiary/aromatic N) is 2. The number of aromatic nitrogens is 2. The van der Waals surface area contributed by atoms with Gasteiger partial charge in [0.05, 0.1) is 0 Å². The summed E-state index contributed by atoms with van der Waals surface area (Å²) < 4.78 is 42.9.